The van der Waals surface area contributed by atoms with Gasteiger partial charge in [0, 0.05) is 19.6 Å². The van der Waals surface area contributed by atoms with Crippen LogP contribution >= 0.6 is 0 Å². The van der Waals surface area contributed by atoms with E-state index in [2.05, 4.69) is 29.5 Å². The van der Waals surface area contributed by atoms with Crippen molar-refractivity contribution in [2.45, 2.75) is 32.6 Å². The predicted molar refractivity (Wildman–Crippen MR) is 98.9 cm³/mol. The first-order valence-electron chi connectivity index (χ1n) is 9.12. The molecule has 1 aromatic carbocycles. The molecule has 24 heavy (non-hydrogen) atoms. The van der Waals surface area contributed by atoms with Gasteiger partial charge in [0.1, 0.15) is 5.82 Å². The molecule has 1 heterocycles. The second kappa shape index (κ2) is 10.3. The molecule has 0 saturated carbocycles. The number of hydrogen-bond donors (Lipinski definition) is 2. The zero-order valence-electron chi connectivity index (χ0n) is 15.0. The molecule has 0 spiro atoms. The molecular weight excluding hydrogens is 303 g/mol. The number of nitrogens with one attached hydrogen (secondary N) is 2. The highest BCUT2D eigenvalue weighted by Crippen LogP contribution is 2.19. The Morgan fingerprint density at radius 1 is 1.21 bits per heavy atom. The topological polar surface area (TPSA) is 39.7 Å². The van der Waals surface area contributed by atoms with Crippen molar-refractivity contribution in [1.82, 2.24) is 15.5 Å². The molecular formula is C19H31FN4. The summed E-state index contributed by atoms with van der Waals surface area (Å²) in [7, 11) is 2.20. The van der Waals surface area contributed by atoms with Crippen LogP contribution in [-0.4, -0.2) is 50.6 Å². The Labute approximate surface area is 145 Å². The predicted octanol–water partition coefficient (Wildman–Crippen LogP) is 2.66. The van der Waals surface area contributed by atoms with E-state index in [1.54, 1.807) is 0 Å². The summed E-state index contributed by atoms with van der Waals surface area (Å²) in [5, 5.41) is 6.66. The molecule has 1 saturated heterocycles. The summed E-state index contributed by atoms with van der Waals surface area (Å²) in [6.45, 7) is 7.03. The summed E-state index contributed by atoms with van der Waals surface area (Å²) >= 11 is 0. The fourth-order valence-electron chi connectivity index (χ4n) is 3.03. The molecule has 134 valence electrons. The number of nitrogens with zero attached hydrogens (tertiary/aromatic N) is 2. The van der Waals surface area contributed by atoms with E-state index in [0.29, 0.717) is 0 Å². The van der Waals surface area contributed by atoms with Gasteiger partial charge in [0.15, 0.2) is 5.96 Å². The third kappa shape index (κ3) is 6.87. The van der Waals surface area contributed by atoms with Crippen LogP contribution in [0.4, 0.5) is 4.39 Å². The number of guanidine groups is 1. The smallest absolute Gasteiger partial charge is 0.191 e. The van der Waals surface area contributed by atoms with Gasteiger partial charge in [0.25, 0.3) is 0 Å². The van der Waals surface area contributed by atoms with E-state index in [-0.39, 0.29) is 5.82 Å². The van der Waals surface area contributed by atoms with E-state index in [9.17, 15) is 4.39 Å². The minimum absolute atomic E-state index is 0.185. The van der Waals surface area contributed by atoms with Crippen LogP contribution in [0.2, 0.25) is 0 Å². The number of aliphatic imine (C=N–C) groups is 1. The molecule has 1 aliphatic rings. The van der Waals surface area contributed by atoms with Crippen LogP contribution in [0.1, 0.15) is 31.7 Å². The van der Waals surface area contributed by atoms with Crippen molar-refractivity contribution in [1.29, 1.82) is 0 Å². The van der Waals surface area contributed by atoms with Crippen LogP contribution in [-0.2, 0) is 6.42 Å². The van der Waals surface area contributed by atoms with Crippen molar-refractivity contribution in [3.05, 3.63) is 35.6 Å². The van der Waals surface area contributed by atoms with Gasteiger partial charge in [-0.2, -0.15) is 0 Å². The Morgan fingerprint density at radius 2 is 1.92 bits per heavy atom. The SMILES string of the molecule is CCNC(=NCCC1CCN(C)CC1)NCCc1ccc(F)cc1. The fraction of sp³-hybridized carbons (Fsp3) is 0.632. The summed E-state index contributed by atoms with van der Waals surface area (Å²) < 4.78 is 12.9. The van der Waals surface area contributed by atoms with Crippen LogP contribution in [0.3, 0.4) is 0 Å². The lowest BCUT2D eigenvalue weighted by Gasteiger charge is -2.28. The molecule has 5 heteroatoms. The zero-order valence-corrected chi connectivity index (χ0v) is 15.0. The zero-order chi connectivity index (χ0) is 17.2. The average Bonchev–Trinajstić information content (AvgIpc) is 2.58. The van der Waals surface area contributed by atoms with Gasteiger partial charge in [-0.3, -0.25) is 4.99 Å². The molecule has 0 aliphatic carbocycles. The first-order chi connectivity index (χ1) is 11.7. The van der Waals surface area contributed by atoms with Crippen LogP contribution in [0.15, 0.2) is 29.3 Å². The Balaban J connectivity index is 1.70. The number of halogens is 1. The number of piperidine rings is 1. The lowest BCUT2D eigenvalue weighted by Crippen LogP contribution is -2.38. The summed E-state index contributed by atoms with van der Waals surface area (Å²) in [6.07, 6.45) is 4.61. The molecule has 1 fully saturated rings. The minimum Gasteiger partial charge on any atom is -0.357 e. The van der Waals surface area contributed by atoms with Crippen molar-refractivity contribution < 1.29 is 4.39 Å². The van der Waals surface area contributed by atoms with E-state index in [1.807, 2.05) is 12.1 Å². The third-order valence-corrected chi connectivity index (χ3v) is 4.61. The van der Waals surface area contributed by atoms with Gasteiger partial charge < -0.3 is 15.5 Å². The Kier molecular flexibility index (Phi) is 8.02. The van der Waals surface area contributed by atoms with Gasteiger partial charge in [-0.25, -0.2) is 4.39 Å². The Hall–Kier alpha value is -1.62. The molecule has 0 amide bonds. The Bertz CT molecular complexity index is 493. The first-order valence-corrected chi connectivity index (χ1v) is 9.12. The number of likely N-dealkylation sites (tertiary alicyclic amines) is 1. The summed E-state index contributed by atoms with van der Waals surface area (Å²) in [5.74, 6) is 1.51. The molecule has 2 N–H and O–H groups in total. The molecule has 4 nitrogen and oxygen atoms in total. The summed E-state index contributed by atoms with van der Waals surface area (Å²) in [4.78, 5) is 7.10. The van der Waals surface area contributed by atoms with Crippen molar-refractivity contribution in [3.63, 3.8) is 0 Å². The Morgan fingerprint density at radius 3 is 2.58 bits per heavy atom. The maximum absolute atomic E-state index is 12.9. The molecule has 0 radical (unpaired) electrons. The van der Waals surface area contributed by atoms with Gasteiger partial charge in [0.05, 0.1) is 0 Å². The first kappa shape index (κ1) is 18.7. The lowest BCUT2D eigenvalue weighted by molar-refractivity contribution is 0.214. The van der Waals surface area contributed by atoms with E-state index in [0.717, 1.165) is 43.5 Å². The second-order valence-electron chi connectivity index (χ2n) is 6.60. The van der Waals surface area contributed by atoms with Crippen molar-refractivity contribution in [2.75, 3.05) is 39.8 Å². The standard InChI is InChI=1S/C19H31FN4/c1-3-21-19(22-12-8-16-4-6-18(20)7-5-16)23-13-9-17-10-14-24(2)15-11-17/h4-7,17H,3,8-15H2,1-2H3,(H2,21,22,23). The molecule has 0 unspecified atom stereocenters. The largest absolute Gasteiger partial charge is 0.357 e. The normalized spacial score (nSPS) is 17.0. The molecule has 1 aromatic rings. The average molecular weight is 334 g/mol. The van der Waals surface area contributed by atoms with E-state index in [1.165, 1.54) is 44.5 Å². The number of benzene rings is 1. The molecule has 1 aliphatic heterocycles. The van der Waals surface area contributed by atoms with Crippen molar-refractivity contribution in [3.8, 4) is 0 Å². The molecule has 0 bridgehead atoms. The van der Waals surface area contributed by atoms with Crippen LogP contribution in [0, 0.1) is 11.7 Å². The highest BCUT2D eigenvalue weighted by atomic mass is 19.1. The van der Waals surface area contributed by atoms with Crippen LogP contribution in [0.5, 0.6) is 0 Å². The highest BCUT2D eigenvalue weighted by Gasteiger charge is 2.15. The van der Waals surface area contributed by atoms with E-state index >= 15 is 0 Å². The lowest BCUT2D eigenvalue weighted by atomic mass is 9.94. The highest BCUT2D eigenvalue weighted by molar-refractivity contribution is 5.79. The summed E-state index contributed by atoms with van der Waals surface area (Å²) in [6, 6.07) is 6.69. The van der Waals surface area contributed by atoms with E-state index < -0.39 is 0 Å². The maximum atomic E-state index is 12.9. The van der Waals surface area contributed by atoms with Crippen molar-refractivity contribution in [2.24, 2.45) is 10.9 Å². The maximum Gasteiger partial charge on any atom is 0.191 e. The second-order valence-corrected chi connectivity index (χ2v) is 6.60. The molecule has 0 atom stereocenters. The van der Waals surface area contributed by atoms with Crippen LogP contribution in [0.25, 0.3) is 0 Å². The van der Waals surface area contributed by atoms with Gasteiger partial charge in [-0.05, 0) is 76.4 Å². The van der Waals surface area contributed by atoms with E-state index in [4.69, 9.17) is 4.99 Å². The summed E-state index contributed by atoms with van der Waals surface area (Å²) in [5.41, 5.74) is 1.13. The van der Waals surface area contributed by atoms with Gasteiger partial charge in [-0.1, -0.05) is 12.1 Å². The van der Waals surface area contributed by atoms with Gasteiger partial charge in [0.2, 0.25) is 0 Å². The monoisotopic (exact) mass is 334 g/mol. The van der Waals surface area contributed by atoms with Gasteiger partial charge >= 0.3 is 0 Å². The minimum atomic E-state index is -0.185. The van der Waals surface area contributed by atoms with Crippen LogP contribution < -0.4 is 10.6 Å². The quantitative estimate of drug-likeness (QED) is 0.595. The number of hydrogen-bond acceptors (Lipinski definition) is 2. The van der Waals surface area contributed by atoms with Crippen molar-refractivity contribution >= 4 is 5.96 Å². The molecule has 2 rings (SSSR count). The fourth-order valence-corrected chi connectivity index (χ4v) is 3.03. The third-order valence-electron chi connectivity index (χ3n) is 4.61. The van der Waals surface area contributed by atoms with Gasteiger partial charge in [-0.15, -0.1) is 0 Å². The molecule has 0 aromatic heterocycles. The number of rotatable bonds is 7.